The first-order valence-corrected chi connectivity index (χ1v) is 8.15. The van der Waals surface area contributed by atoms with Crippen molar-refractivity contribution in [2.45, 2.75) is 13.0 Å². The highest BCUT2D eigenvalue weighted by Gasteiger charge is 2.12. The van der Waals surface area contributed by atoms with E-state index in [0.717, 1.165) is 14.5 Å². The van der Waals surface area contributed by atoms with E-state index in [-0.39, 0.29) is 6.04 Å². The van der Waals surface area contributed by atoms with Crippen molar-refractivity contribution in [3.05, 3.63) is 61.5 Å². The summed E-state index contributed by atoms with van der Waals surface area (Å²) in [6.45, 7) is 2.02. The van der Waals surface area contributed by atoms with Gasteiger partial charge in [-0.15, -0.1) is 0 Å². The fraction of sp³-hybridized carbons (Fsp3) is 0.133. The number of hydrogen-bond acceptors (Lipinski definition) is 2. The highest BCUT2D eigenvalue weighted by molar-refractivity contribution is 9.11. The van der Waals surface area contributed by atoms with Gasteiger partial charge in [-0.2, -0.15) is 0 Å². The number of primary amides is 1. The quantitative estimate of drug-likeness (QED) is 0.703. The van der Waals surface area contributed by atoms with Crippen LogP contribution in [0.25, 0.3) is 0 Å². The van der Waals surface area contributed by atoms with Crippen LogP contribution in [0.15, 0.2) is 45.3 Å². The molecule has 2 aromatic carbocycles. The van der Waals surface area contributed by atoms with Crippen LogP contribution in [0.2, 0.25) is 5.02 Å². The fourth-order valence-corrected chi connectivity index (χ4v) is 3.52. The third kappa shape index (κ3) is 3.99. The van der Waals surface area contributed by atoms with Gasteiger partial charge in [-0.1, -0.05) is 49.5 Å². The largest absolute Gasteiger partial charge is 0.377 e. The van der Waals surface area contributed by atoms with Crippen molar-refractivity contribution in [3.8, 4) is 0 Å². The van der Waals surface area contributed by atoms with Crippen molar-refractivity contribution in [2.24, 2.45) is 5.73 Å². The first-order valence-electron chi connectivity index (χ1n) is 6.19. The molecule has 0 aliphatic rings. The van der Waals surface area contributed by atoms with E-state index in [1.165, 1.54) is 0 Å². The average molecular weight is 433 g/mol. The SMILES string of the molecule is CC(Nc1cc(C(N)=O)ccc1Cl)c1ccc(Br)cc1Br. The molecule has 0 bridgehead atoms. The molecule has 1 unspecified atom stereocenters. The fourth-order valence-electron chi connectivity index (χ4n) is 1.95. The lowest BCUT2D eigenvalue weighted by molar-refractivity contribution is 0.100. The van der Waals surface area contributed by atoms with Gasteiger partial charge in [0, 0.05) is 20.6 Å². The Morgan fingerprint density at radius 1 is 1.24 bits per heavy atom. The molecule has 1 amide bonds. The molecule has 1 atom stereocenters. The van der Waals surface area contributed by atoms with Crippen LogP contribution in [-0.2, 0) is 0 Å². The van der Waals surface area contributed by atoms with E-state index in [0.29, 0.717) is 16.3 Å². The van der Waals surface area contributed by atoms with E-state index >= 15 is 0 Å². The van der Waals surface area contributed by atoms with Crippen LogP contribution in [0.4, 0.5) is 5.69 Å². The van der Waals surface area contributed by atoms with Crippen molar-refractivity contribution in [2.75, 3.05) is 5.32 Å². The molecule has 0 aromatic heterocycles. The summed E-state index contributed by atoms with van der Waals surface area (Å²) in [5.74, 6) is -0.479. The molecule has 0 radical (unpaired) electrons. The summed E-state index contributed by atoms with van der Waals surface area (Å²) < 4.78 is 1.98. The number of carbonyl (C=O) groups excluding carboxylic acids is 1. The number of nitrogens with one attached hydrogen (secondary N) is 1. The Morgan fingerprint density at radius 2 is 1.95 bits per heavy atom. The van der Waals surface area contributed by atoms with E-state index in [1.54, 1.807) is 18.2 Å². The summed E-state index contributed by atoms with van der Waals surface area (Å²) in [6, 6.07) is 10.9. The molecule has 0 saturated heterocycles. The molecular weight excluding hydrogens is 419 g/mol. The lowest BCUT2D eigenvalue weighted by Gasteiger charge is -2.18. The van der Waals surface area contributed by atoms with Gasteiger partial charge >= 0.3 is 0 Å². The van der Waals surface area contributed by atoms with Crippen molar-refractivity contribution in [3.63, 3.8) is 0 Å². The summed E-state index contributed by atoms with van der Waals surface area (Å²) in [4.78, 5) is 11.3. The summed E-state index contributed by atoms with van der Waals surface area (Å²) in [5.41, 5.74) is 7.47. The van der Waals surface area contributed by atoms with E-state index in [1.807, 2.05) is 25.1 Å². The van der Waals surface area contributed by atoms with Crippen LogP contribution in [-0.4, -0.2) is 5.91 Å². The minimum Gasteiger partial charge on any atom is -0.377 e. The van der Waals surface area contributed by atoms with Gasteiger partial charge in [0.2, 0.25) is 5.91 Å². The number of hydrogen-bond donors (Lipinski definition) is 2. The molecule has 6 heteroatoms. The van der Waals surface area contributed by atoms with Crippen molar-refractivity contribution in [1.82, 2.24) is 0 Å². The summed E-state index contributed by atoms with van der Waals surface area (Å²) in [5, 5.41) is 3.84. The van der Waals surface area contributed by atoms with Gasteiger partial charge in [-0.25, -0.2) is 0 Å². The number of nitrogens with two attached hydrogens (primary N) is 1. The van der Waals surface area contributed by atoms with Crippen molar-refractivity contribution < 1.29 is 4.79 Å². The van der Waals surface area contributed by atoms with E-state index in [9.17, 15) is 4.79 Å². The Bertz CT molecular complexity index is 691. The summed E-state index contributed by atoms with van der Waals surface area (Å²) >= 11 is 13.1. The molecular formula is C15H13Br2ClN2O. The average Bonchev–Trinajstić information content (AvgIpc) is 2.40. The Labute approximate surface area is 145 Å². The second kappa shape index (κ2) is 6.81. The predicted octanol–water partition coefficient (Wildman–Crippen LogP) is 5.14. The second-order valence-corrected chi connectivity index (χ2v) is 6.77. The Hall–Kier alpha value is -1.04. The van der Waals surface area contributed by atoms with Gasteiger partial charge in [-0.05, 0) is 42.8 Å². The van der Waals surface area contributed by atoms with Crippen LogP contribution in [0.3, 0.4) is 0 Å². The van der Waals surface area contributed by atoms with Gasteiger partial charge < -0.3 is 11.1 Å². The van der Waals surface area contributed by atoms with Gasteiger partial charge in [0.15, 0.2) is 0 Å². The minimum absolute atomic E-state index is 0.00750. The maximum Gasteiger partial charge on any atom is 0.248 e. The monoisotopic (exact) mass is 430 g/mol. The minimum atomic E-state index is -0.479. The van der Waals surface area contributed by atoms with Gasteiger partial charge in [0.05, 0.1) is 10.7 Å². The number of anilines is 1. The number of benzene rings is 2. The third-order valence-corrected chi connectivity index (χ3v) is 4.56. The molecule has 3 nitrogen and oxygen atoms in total. The van der Waals surface area contributed by atoms with E-state index in [2.05, 4.69) is 37.2 Å². The number of rotatable bonds is 4. The van der Waals surface area contributed by atoms with Gasteiger partial charge in [0.1, 0.15) is 0 Å². The van der Waals surface area contributed by atoms with Gasteiger partial charge in [0.25, 0.3) is 0 Å². The lowest BCUT2D eigenvalue weighted by Crippen LogP contribution is -2.12. The number of halogens is 3. The van der Waals surface area contributed by atoms with Crippen LogP contribution in [0, 0.1) is 0 Å². The topological polar surface area (TPSA) is 55.1 Å². The molecule has 2 rings (SSSR count). The molecule has 0 fully saturated rings. The normalized spacial score (nSPS) is 12.0. The first-order chi connectivity index (χ1) is 9.88. The Kier molecular flexibility index (Phi) is 5.30. The smallest absolute Gasteiger partial charge is 0.248 e. The number of carbonyl (C=O) groups is 1. The molecule has 0 heterocycles. The molecule has 0 aliphatic carbocycles. The van der Waals surface area contributed by atoms with Crippen molar-refractivity contribution in [1.29, 1.82) is 0 Å². The zero-order chi connectivity index (χ0) is 15.6. The predicted molar refractivity (Wildman–Crippen MR) is 93.8 cm³/mol. The summed E-state index contributed by atoms with van der Waals surface area (Å²) in [7, 11) is 0. The molecule has 0 saturated carbocycles. The number of amides is 1. The van der Waals surface area contributed by atoms with Crippen LogP contribution >= 0.6 is 43.5 Å². The van der Waals surface area contributed by atoms with Gasteiger partial charge in [-0.3, -0.25) is 4.79 Å². The molecule has 110 valence electrons. The Balaban J connectivity index is 2.28. The van der Waals surface area contributed by atoms with Crippen LogP contribution < -0.4 is 11.1 Å². The first kappa shape index (κ1) is 16.3. The highest BCUT2D eigenvalue weighted by Crippen LogP contribution is 2.31. The zero-order valence-corrected chi connectivity index (χ0v) is 15.1. The Morgan fingerprint density at radius 3 is 2.57 bits per heavy atom. The standard InChI is InChI=1S/C15H13Br2ClN2O/c1-8(11-4-3-10(16)7-12(11)17)20-14-6-9(15(19)21)2-5-13(14)18/h2-8,20H,1H3,(H2,19,21). The molecule has 0 aliphatic heterocycles. The van der Waals surface area contributed by atoms with E-state index in [4.69, 9.17) is 17.3 Å². The lowest BCUT2D eigenvalue weighted by atomic mass is 10.1. The zero-order valence-electron chi connectivity index (χ0n) is 11.2. The third-order valence-electron chi connectivity index (χ3n) is 3.05. The molecule has 0 spiro atoms. The second-order valence-electron chi connectivity index (χ2n) is 4.59. The molecule has 2 aromatic rings. The molecule has 21 heavy (non-hydrogen) atoms. The maximum atomic E-state index is 11.3. The van der Waals surface area contributed by atoms with E-state index < -0.39 is 5.91 Å². The summed E-state index contributed by atoms with van der Waals surface area (Å²) in [6.07, 6.45) is 0. The van der Waals surface area contributed by atoms with Crippen LogP contribution in [0.1, 0.15) is 28.9 Å². The van der Waals surface area contributed by atoms with Crippen LogP contribution in [0.5, 0.6) is 0 Å². The maximum absolute atomic E-state index is 11.3. The van der Waals surface area contributed by atoms with Crippen molar-refractivity contribution >= 4 is 55.1 Å². The molecule has 3 N–H and O–H groups in total. The highest BCUT2D eigenvalue weighted by atomic mass is 79.9.